The van der Waals surface area contributed by atoms with E-state index in [1.54, 1.807) is 21.3 Å². The van der Waals surface area contributed by atoms with Gasteiger partial charge in [0, 0.05) is 18.5 Å². The number of amides is 1. The van der Waals surface area contributed by atoms with Crippen molar-refractivity contribution in [3.05, 3.63) is 47.9 Å². The second-order valence-electron chi connectivity index (χ2n) is 8.41. The molecular formula is C26H31N3O6. The number of methoxy groups -OCH3 is 3. The molecule has 1 fully saturated rings. The minimum absolute atomic E-state index is 0.0381. The Morgan fingerprint density at radius 3 is 2.46 bits per heavy atom. The summed E-state index contributed by atoms with van der Waals surface area (Å²) in [5.41, 5.74) is 1.71. The third-order valence-corrected chi connectivity index (χ3v) is 6.19. The molecule has 2 aromatic carbocycles. The predicted molar refractivity (Wildman–Crippen MR) is 129 cm³/mol. The molecule has 1 aliphatic rings. The van der Waals surface area contributed by atoms with E-state index in [0.717, 1.165) is 17.5 Å². The number of nitrogens with zero attached hydrogens (tertiary/aromatic N) is 3. The van der Waals surface area contributed by atoms with E-state index in [-0.39, 0.29) is 17.9 Å². The van der Waals surface area contributed by atoms with Crippen LogP contribution in [-0.4, -0.2) is 55.4 Å². The molecule has 4 rings (SSSR count). The fourth-order valence-corrected chi connectivity index (χ4v) is 4.22. The quantitative estimate of drug-likeness (QED) is 0.414. The Morgan fingerprint density at radius 2 is 1.74 bits per heavy atom. The van der Waals surface area contributed by atoms with E-state index in [1.807, 2.05) is 55.1 Å². The molecule has 1 amide bonds. The van der Waals surface area contributed by atoms with Gasteiger partial charge in [0.15, 0.2) is 23.0 Å². The summed E-state index contributed by atoms with van der Waals surface area (Å²) < 4.78 is 27.5. The molecular weight excluding hydrogens is 450 g/mol. The van der Waals surface area contributed by atoms with Gasteiger partial charge < -0.3 is 28.4 Å². The predicted octanol–water partition coefficient (Wildman–Crippen LogP) is 4.63. The molecule has 0 aliphatic carbocycles. The number of hydrogen-bond acceptors (Lipinski definition) is 8. The van der Waals surface area contributed by atoms with Crippen LogP contribution in [0.4, 0.5) is 0 Å². The van der Waals surface area contributed by atoms with Crippen LogP contribution in [0.3, 0.4) is 0 Å². The van der Waals surface area contributed by atoms with Crippen LogP contribution >= 0.6 is 0 Å². The van der Waals surface area contributed by atoms with Crippen LogP contribution in [0, 0.1) is 0 Å². The minimum Gasteiger partial charge on any atom is -0.493 e. The zero-order valence-corrected chi connectivity index (χ0v) is 20.7. The van der Waals surface area contributed by atoms with E-state index in [2.05, 4.69) is 10.1 Å². The molecule has 186 valence electrons. The van der Waals surface area contributed by atoms with Gasteiger partial charge in [0.05, 0.1) is 39.9 Å². The Kier molecular flexibility index (Phi) is 7.43. The van der Waals surface area contributed by atoms with Crippen molar-refractivity contribution < 1.29 is 28.3 Å². The number of carbonyl (C=O) groups is 1. The topological polar surface area (TPSA) is 96.2 Å². The lowest BCUT2D eigenvalue weighted by molar-refractivity contribution is -0.129. The second kappa shape index (κ2) is 10.7. The first-order chi connectivity index (χ1) is 17.0. The van der Waals surface area contributed by atoms with Crippen molar-refractivity contribution in [1.82, 2.24) is 15.0 Å². The van der Waals surface area contributed by atoms with E-state index < -0.39 is 0 Å². The normalized spacial score (nSPS) is 16.3. The standard InChI is InChI=1S/C26H31N3O6/c1-6-11-34-21-10-8-18(13-23(21)33-5)25-27-26(35-28-25)19-14-24(30)29(15-19)16(2)17-7-9-20(31-3)22(12-17)32-4/h7-10,12-13,16,19H,6,11,14-15H2,1-5H3. The molecule has 1 aromatic heterocycles. The lowest BCUT2D eigenvalue weighted by Gasteiger charge is -2.25. The maximum atomic E-state index is 12.9. The highest BCUT2D eigenvalue weighted by Crippen LogP contribution is 2.37. The number of likely N-dealkylation sites (tertiary alicyclic amines) is 1. The Labute approximate surface area is 204 Å². The summed E-state index contributed by atoms with van der Waals surface area (Å²) >= 11 is 0. The summed E-state index contributed by atoms with van der Waals surface area (Å²) in [6, 6.07) is 11.1. The lowest BCUT2D eigenvalue weighted by atomic mass is 10.1. The molecule has 2 atom stereocenters. The van der Waals surface area contributed by atoms with Gasteiger partial charge in [-0.2, -0.15) is 4.98 Å². The van der Waals surface area contributed by atoms with Crippen LogP contribution < -0.4 is 18.9 Å². The molecule has 1 aliphatic heterocycles. The zero-order chi connectivity index (χ0) is 24.9. The smallest absolute Gasteiger partial charge is 0.232 e. The largest absolute Gasteiger partial charge is 0.493 e. The van der Waals surface area contributed by atoms with E-state index in [9.17, 15) is 4.79 Å². The Balaban J connectivity index is 1.49. The number of hydrogen-bond donors (Lipinski definition) is 0. The first kappa shape index (κ1) is 24.4. The van der Waals surface area contributed by atoms with Crippen molar-refractivity contribution in [2.45, 2.75) is 38.6 Å². The number of ether oxygens (including phenoxy) is 4. The third-order valence-electron chi connectivity index (χ3n) is 6.19. The van der Waals surface area contributed by atoms with Crippen LogP contribution in [0.15, 0.2) is 40.9 Å². The molecule has 2 unspecified atom stereocenters. The van der Waals surface area contributed by atoms with Crippen LogP contribution in [0.5, 0.6) is 23.0 Å². The highest BCUT2D eigenvalue weighted by molar-refractivity contribution is 5.80. The fraction of sp³-hybridized carbons (Fsp3) is 0.423. The Bertz CT molecular complexity index is 1180. The first-order valence-electron chi connectivity index (χ1n) is 11.6. The molecule has 35 heavy (non-hydrogen) atoms. The van der Waals surface area contributed by atoms with Crippen molar-refractivity contribution in [3.8, 4) is 34.4 Å². The van der Waals surface area contributed by atoms with Gasteiger partial charge in [-0.1, -0.05) is 18.1 Å². The first-order valence-corrected chi connectivity index (χ1v) is 11.6. The summed E-state index contributed by atoms with van der Waals surface area (Å²) in [4.78, 5) is 19.3. The van der Waals surface area contributed by atoms with Crippen molar-refractivity contribution in [2.75, 3.05) is 34.5 Å². The minimum atomic E-state index is -0.180. The number of rotatable bonds is 10. The zero-order valence-electron chi connectivity index (χ0n) is 20.7. The number of benzene rings is 2. The average Bonchev–Trinajstić information content (AvgIpc) is 3.53. The molecule has 0 radical (unpaired) electrons. The molecule has 0 N–H and O–H groups in total. The molecule has 9 nitrogen and oxygen atoms in total. The lowest BCUT2D eigenvalue weighted by Crippen LogP contribution is -2.28. The summed E-state index contributed by atoms with van der Waals surface area (Å²) in [5.74, 6) is 3.30. The van der Waals surface area contributed by atoms with Gasteiger partial charge >= 0.3 is 0 Å². The molecule has 9 heteroatoms. The highest BCUT2D eigenvalue weighted by Gasteiger charge is 2.37. The second-order valence-corrected chi connectivity index (χ2v) is 8.41. The van der Waals surface area contributed by atoms with Crippen LogP contribution in [0.1, 0.15) is 50.1 Å². The van der Waals surface area contributed by atoms with E-state index in [0.29, 0.717) is 54.3 Å². The van der Waals surface area contributed by atoms with Crippen molar-refractivity contribution in [1.29, 1.82) is 0 Å². The summed E-state index contributed by atoms with van der Waals surface area (Å²) in [5, 5.41) is 4.15. The number of carbonyl (C=O) groups excluding carboxylic acids is 1. The van der Waals surface area contributed by atoms with E-state index >= 15 is 0 Å². The summed E-state index contributed by atoms with van der Waals surface area (Å²) in [6.45, 7) is 5.14. The van der Waals surface area contributed by atoms with E-state index in [1.165, 1.54) is 0 Å². The summed E-state index contributed by atoms with van der Waals surface area (Å²) in [7, 11) is 4.79. The van der Waals surface area contributed by atoms with Crippen molar-refractivity contribution >= 4 is 5.91 Å². The monoisotopic (exact) mass is 481 g/mol. The molecule has 3 aromatic rings. The van der Waals surface area contributed by atoms with Gasteiger partial charge in [-0.3, -0.25) is 4.79 Å². The van der Waals surface area contributed by atoms with E-state index in [4.69, 9.17) is 23.5 Å². The average molecular weight is 482 g/mol. The molecule has 1 saturated heterocycles. The van der Waals surface area contributed by atoms with Crippen molar-refractivity contribution in [2.24, 2.45) is 0 Å². The molecule has 0 bridgehead atoms. The van der Waals surface area contributed by atoms with Crippen LogP contribution in [0.2, 0.25) is 0 Å². The fourth-order valence-electron chi connectivity index (χ4n) is 4.22. The van der Waals surface area contributed by atoms with Gasteiger partial charge in [-0.25, -0.2) is 0 Å². The molecule has 0 saturated carbocycles. The maximum absolute atomic E-state index is 12.9. The van der Waals surface area contributed by atoms with Gasteiger partial charge in [-0.05, 0) is 49.2 Å². The Hall–Kier alpha value is -3.75. The van der Waals surface area contributed by atoms with Gasteiger partial charge in [0.1, 0.15) is 0 Å². The molecule has 0 spiro atoms. The SMILES string of the molecule is CCCOc1ccc(-c2noc(C3CC(=O)N(C(C)c4ccc(OC)c(OC)c4)C3)n2)cc1OC. The van der Waals surface area contributed by atoms with Gasteiger partial charge in [0.2, 0.25) is 17.6 Å². The highest BCUT2D eigenvalue weighted by atomic mass is 16.5. The third kappa shape index (κ3) is 5.03. The summed E-state index contributed by atoms with van der Waals surface area (Å²) in [6.07, 6.45) is 1.22. The van der Waals surface area contributed by atoms with Crippen LogP contribution in [0.25, 0.3) is 11.4 Å². The van der Waals surface area contributed by atoms with Gasteiger partial charge in [-0.15, -0.1) is 0 Å². The number of aromatic nitrogens is 2. The van der Waals surface area contributed by atoms with Gasteiger partial charge in [0.25, 0.3) is 0 Å². The van der Waals surface area contributed by atoms with Crippen LogP contribution in [-0.2, 0) is 4.79 Å². The maximum Gasteiger partial charge on any atom is 0.232 e. The van der Waals surface area contributed by atoms with Crippen molar-refractivity contribution in [3.63, 3.8) is 0 Å². The molecule has 2 heterocycles. The Morgan fingerprint density at radius 1 is 1.03 bits per heavy atom.